The maximum atomic E-state index is 12.6. The lowest BCUT2D eigenvalue weighted by atomic mass is 9.98. The average Bonchev–Trinajstić information content (AvgIpc) is 2.55. The van der Waals surface area contributed by atoms with E-state index in [1.165, 1.54) is 11.1 Å². The van der Waals surface area contributed by atoms with Gasteiger partial charge in [-0.2, -0.15) is 0 Å². The van der Waals surface area contributed by atoms with Crippen LogP contribution in [0.25, 0.3) is 0 Å². The highest BCUT2D eigenvalue weighted by Crippen LogP contribution is 2.14. The summed E-state index contributed by atoms with van der Waals surface area (Å²) in [4.78, 5) is 14.5. The molecule has 2 aromatic carbocycles. The minimum Gasteiger partial charge on any atom is -0.342 e. The molecule has 0 aliphatic heterocycles. The van der Waals surface area contributed by atoms with Gasteiger partial charge in [0.05, 0.1) is 0 Å². The third-order valence-corrected chi connectivity index (χ3v) is 4.19. The molecule has 0 radical (unpaired) electrons. The van der Waals surface area contributed by atoms with Crippen LogP contribution in [0.2, 0.25) is 0 Å². The van der Waals surface area contributed by atoms with Gasteiger partial charge in [-0.1, -0.05) is 67.6 Å². The highest BCUT2D eigenvalue weighted by atomic mass is 16.2. The zero-order valence-electron chi connectivity index (χ0n) is 13.7. The van der Waals surface area contributed by atoms with E-state index in [2.05, 4.69) is 31.2 Å². The smallest absolute Gasteiger partial charge is 0.225 e. The first-order valence-corrected chi connectivity index (χ1v) is 7.92. The van der Waals surface area contributed by atoms with E-state index in [4.69, 9.17) is 0 Å². The molecule has 0 saturated carbocycles. The van der Waals surface area contributed by atoms with E-state index in [1.54, 1.807) is 0 Å². The zero-order valence-corrected chi connectivity index (χ0v) is 13.7. The van der Waals surface area contributed by atoms with Gasteiger partial charge in [0.25, 0.3) is 0 Å². The summed E-state index contributed by atoms with van der Waals surface area (Å²) in [6, 6.07) is 20.7. The third kappa shape index (κ3) is 4.45. The van der Waals surface area contributed by atoms with Gasteiger partial charge in [-0.25, -0.2) is 0 Å². The largest absolute Gasteiger partial charge is 0.342 e. The molecule has 0 aliphatic rings. The fourth-order valence-corrected chi connectivity index (χ4v) is 2.71. The molecule has 0 N–H and O–H groups in total. The van der Waals surface area contributed by atoms with E-state index in [9.17, 15) is 4.79 Å². The molecule has 0 spiro atoms. The standard InChI is InChI=1S/C20H25NO/c1-16(14-18-10-6-4-7-11-18)20(22)21(3)17(2)15-19-12-8-5-9-13-19/h4-13,16-17H,14-15H2,1-3H3. The predicted molar refractivity (Wildman–Crippen MR) is 91.7 cm³/mol. The Bertz CT molecular complexity index is 579. The van der Waals surface area contributed by atoms with Crippen LogP contribution in [0.5, 0.6) is 0 Å². The van der Waals surface area contributed by atoms with Crippen LogP contribution < -0.4 is 0 Å². The Balaban J connectivity index is 1.93. The highest BCUT2D eigenvalue weighted by Gasteiger charge is 2.21. The molecule has 0 aliphatic carbocycles. The topological polar surface area (TPSA) is 20.3 Å². The van der Waals surface area contributed by atoms with E-state index in [1.807, 2.05) is 55.3 Å². The molecule has 0 heterocycles. The number of carbonyl (C=O) groups is 1. The van der Waals surface area contributed by atoms with E-state index in [0.29, 0.717) is 0 Å². The molecule has 2 aromatic rings. The van der Waals surface area contributed by atoms with Gasteiger partial charge in [0.2, 0.25) is 5.91 Å². The summed E-state index contributed by atoms with van der Waals surface area (Å²) >= 11 is 0. The third-order valence-electron chi connectivity index (χ3n) is 4.19. The number of carbonyl (C=O) groups excluding carboxylic acids is 1. The number of nitrogens with zero attached hydrogens (tertiary/aromatic N) is 1. The van der Waals surface area contributed by atoms with Gasteiger partial charge in [-0.05, 0) is 30.9 Å². The van der Waals surface area contributed by atoms with Gasteiger partial charge in [0.1, 0.15) is 0 Å². The first-order chi connectivity index (χ1) is 10.6. The first kappa shape index (κ1) is 16.3. The van der Waals surface area contributed by atoms with Gasteiger partial charge < -0.3 is 4.90 Å². The molecular formula is C20H25NO. The summed E-state index contributed by atoms with van der Waals surface area (Å²) in [5, 5.41) is 0. The van der Waals surface area contributed by atoms with Gasteiger partial charge in [-0.15, -0.1) is 0 Å². The summed E-state index contributed by atoms with van der Waals surface area (Å²) in [5.41, 5.74) is 2.48. The summed E-state index contributed by atoms with van der Waals surface area (Å²) in [6.07, 6.45) is 1.68. The summed E-state index contributed by atoms with van der Waals surface area (Å²) in [6.45, 7) is 4.13. The number of amides is 1. The van der Waals surface area contributed by atoms with Crippen LogP contribution in [0.3, 0.4) is 0 Å². The molecule has 22 heavy (non-hydrogen) atoms. The molecule has 2 unspecified atom stereocenters. The fourth-order valence-electron chi connectivity index (χ4n) is 2.71. The van der Waals surface area contributed by atoms with Crippen molar-refractivity contribution in [3.8, 4) is 0 Å². The number of likely N-dealkylation sites (N-methyl/N-ethyl adjacent to an activating group) is 1. The van der Waals surface area contributed by atoms with E-state index < -0.39 is 0 Å². The lowest BCUT2D eigenvalue weighted by molar-refractivity contribution is -0.135. The number of hydrogen-bond acceptors (Lipinski definition) is 1. The first-order valence-electron chi connectivity index (χ1n) is 7.92. The Morgan fingerprint density at radius 2 is 1.32 bits per heavy atom. The molecule has 0 fully saturated rings. The molecule has 0 saturated heterocycles. The second-order valence-electron chi connectivity index (χ2n) is 6.08. The minimum atomic E-state index is 0.00521. The number of hydrogen-bond donors (Lipinski definition) is 0. The molecule has 116 valence electrons. The van der Waals surface area contributed by atoms with Crippen molar-refractivity contribution in [2.24, 2.45) is 5.92 Å². The minimum absolute atomic E-state index is 0.00521. The van der Waals surface area contributed by atoms with Crippen molar-refractivity contribution >= 4 is 5.91 Å². The van der Waals surface area contributed by atoms with Crippen LogP contribution in [-0.4, -0.2) is 23.9 Å². The number of rotatable bonds is 6. The fraction of sp³-hybridized carbons (Fsp3) is 0.350. The van der Waals surface area contributed by atoms with Crippen molar-refractivity contribution in [2.45, 2.75) is 32.7 Å². The van der Waals surface area contributed by atoms with Crippen LogP contribution in [0.15, 0.2) is 60.7 Å². The van der Waals surface area contributed by atoms with Crippen molar-refractivity contribution in [1.82, 2.24) is 4.90 Å². The molecule has 0 aromatic heterocycles. The van der Waals surface area contributed by atoms with E-state index in [-0.39, 0.29) is 17.9 Å². The van der Waals surface area contributed by atoms with Crippen LogP contribution in [-0.2, 0) is 17.6 Å². The average molecular weight is 295 g/mol. The van der Waals surface area contributed by atoms with E-state index >= 15 is 0 Å². The maximum Gasteiger partial charge on any atom is 0.225 e. The van der Waals surface area contributed by atoms with Crippen molar-refractivity contribution in [2.75, 3.05) is 7.05 Å². The van der Waals surface area contributed by atoms with Crippen LogP contribution >= 0.6 is 0 Å². The van der Waals surface area contributed by atoms with Gasteiger partial charge in [0.15, 0.2) is 0 Å². The SMILES string of the molecule is CC(Cc1ccccc1)C(=O)N(C)C(C)Cc1ccccc1. The Labute approximate surface area is 133 Å². The highest BCUT2D eigenvalue weighted by molar-refractivity contribution is 5.78. The summed E-state index contributed by atoms with van der Waals surface area (Å²) < 4.78 is 0. The summed E-state index contributed by atoms with van der Waals surface area (Å²) in [7, 11) is 1.91. The normalized spacial score (nSPS) is 13.4. The molecule has 0 bridgehead atoms. The number of benzene rings is 2. The zero-order chi connectivity index (χ0) is 15.9. The Hall–Kier alpha value is -2.09. The van der Waals surface area contributed by atoms with Crippen molar-refractivity contribution < 1.29 is 4.79 Å². The van der Waals surface area contributed by atoms with Crippen molar-refractivity contribution in [3.05, 3.63) is 71.8 Å². The maximum absolute atomic E-state index is 12.6. The molecule has 1 amide bonds. The van der Waals surface area contributed by atoms with Gasteiger partial charge in [-0.3, -0.25) is 4.79 Å². The van der Waals surface area contributed by atoms with Crippen LogP contribution in [0.4, 0.5) is 0 Å². The summed E-state index contributed by atoms with van der Waals surface area (Å²) in [5.74, 6) is 0.220. The molecular weight excluding hydrogens is 270 g/mol. The van der Waals surface area contributed by atoms with Crippen molar-refractivity contribution in [1.29, 1.82) is 0 Å². The molecule has 2 nitrogen and oxygen atoms in total. The monoisotopic (exact) mass is 295 g/mol. The van der Waals surface area contributed by atoms with Crippen LogP contribution in [0.1, 0.15) is 25.0 Å². The second kappa shape index (κ2) is 7.79. The lowest BCUT2D eigenvalue weighted by Gasteiger charge is -2.28. The lowest BCUT2D eigenvalue weighted by Crippen LogP contribution is -2.40. The Morgan fingerprint density at radius 1 is 0.864 bits per heavy atom. The molecule has 2 rings (SSSR count). The van der Waals surface area contributed by atoms with Crippen molar-refractivity contribution in [3.63, 3.8) is 0 Å². The molecule has 2 heteroatoms. The van der Waals surface area contributed by atoms with Gasteiger partial charge >= 0.3 is 0 Å². The predicted octanol–water partition coefficient (Wildman–Crippen LogP) is 3.95. The van der Waals surface area contributed by atoms with E-state index in [0.717, 1.165) is 12.8 Å². The van der Waals surface area contributed by atoms with Crippen LogP contribution in [0, 0.1) is 5.92 Å². The van der Waals surface area contributed by atoms with Gasteiger partial charge in [0, 0.05) is 19.0 Å². The quantitative estimate of drug-likeness (QED) is 0.790. The Kier molecular flexibility index (Phi) is 5.76. The molecule has 2 atom stereocenters. The second-order valence-corrected chi connectivity index (χ2v) is 6.08. The Morgan fingerprint density at radius 3 is 1.82 bits per heavy atom.